The molecule has 0 unspecified atom stereocenters. The van der Waals surface area contributed by atoms with Crippen LogP contribution >= 0.6 is 11.3 Å². The van der Waals surface area contributed by atoms with Crippen LogP contribution in [0.15, 0.2) is 17.0 Å². The van der Waals surface area contributed by atoms with Crippen molar-refractivity contribution < 1.29 is 4.74 Å². The molecule has 0 saturated carbocycles. The van der Waals surface area contributed by atoms with Crippen molar-refractivity contribution in [2.45, 2.75) is 33.3 Å². The van der Waals surface area contributed by atoms with Crippen LogP contribution in [0.1, 0.15) is 25.2 Å². The highest BCUT2D eigenvalue weighted by atomic mass is 32.1. The number of hydrogen-bond donors (Lipinski definition) is 1. The van der Waals surface area contributed by atoms with E-state index in [-0.39, 0.29) is 6.10 Å². The summed E-state index contributed by atoms with van der Waals surface area (Å²) in [4.78, 5) is 12.9. The van der Waals surface area contributed by atoms with Crippen LogP contribution in [0.5, 0.6) is 5.88 Å². The van der Waals surface area contributed by atoms with Gasteiger partial charge in [0, 0.05) is 30.1 Å². The van der Waals surface area contributed by atoms with E-state index >= 15 is 0 Å². The molecule has 0 bridgehead atoms. The maximum Gasteiger partial charge on any atom is 0.226 e. The summed E-state index contributed by atoms with van der Waals surface area (Å²) in [5, 5.41) is 5.25. The molecule has 2 aromatic heterocycles. The Balaban J connectivity index is 1.93. The molecular formula is C13H18N4OS. The van der Waals surface area contributed by atoms with Crippen LogP contribution in [0.4, 0.5) is 5.95 Å². The average Bonchev–Trinajstić information content (AvgIpc) is 2.80. The molecule has 0 aliphatic heterocycles. The van der Waals surface area contributed by atoms with E-state index in [2.05, 4.69) is 20.3 Å². The molecule has 0 saturated heterocycles. The number of rotatable bonds is 6. The Morgan fingerprint density at radius 1 is 1.37 bits per heavy atom. The molecule has 2 rings (SSSR count). The van der Waals surface area contributed by atoms with E-state index in [1.807, 2.05) is 37.7 Å². The maximum absolute atomic E-state index is 5.59. The minimum Gasteiger partial charge on any atom is -0.475 e. The molecule has 0 aliphatic rings. The Morgan fingerprint density at radius 3 is 2.89 bits per heavy atom. The molecule has 2 heterocycles. The summed E-state index contributed by atoms with van der Waals surface area (Å²) in [5.41, 5.74) is 3.82. The lowest BCUT2D eigenvalue weighted by Crippen LogP contribution is -2.12. The fourth-order valence-corrected chi connectivity index (χ4v) is 2.18. The fourth-order valence-electron chi connectivity index (χ4n) is 1.58. The largest absolute Gasteiger partial charge is 0.475 e. The van der Waals surface area contributed by atoms with E-state index in [4.69, 9.17) is 4.74 Å². The number of ether oxygens (including phenoxy) is 1. The molecule has 0 atom stereocenters. The highest BCUT2D eigenvalue weighted by Gasteiger charge is 2.05. The number of nitrogens with one attached hydrogen (secondary N) is 1. The van der Waals surface area contributed by atoms with Gasteiger partial charge in [-0.3, -0.25) is 0 Å². The van der Waals surface area contributed by atoms with Crippen LogP contribution < -0.4 is 10.1 Å². The van der Waals surface area contributed by atoms with Gasteiger partial charge in [-0.1, -0.05) is 0 Å². The summed E-state index contributed by atoms with van der Waals surface area (Å²) in [6.07, 6.45) is 0.971. The van der Waals surface area contributed by atoms with Gasteiger partial charge in [-0.25, -0.2) is 9.97 Å². The standard InChI is InChI=1S/C13H18N4OS/c1-9(2)18-12-6-10(3)16-13(17-12)14-5-4-11-7-19-8-15-11/h6-9H,4-5H2,1-3H3,(H,14,16,17). The van der Waals surface area contributed by atoms with Crippen molar-refractivity contribution in [3.63, 3.8) is 0 Å². The number of nitrogens with zero attached hydrogens (tertiary/aromatic N) is 3. The van der Waals surface area contributed by atoms with Crippen molar-refractivity contribution in [2.24, 2.45) is 0 Å². The summed E-state index contributed by atoms with van der Waals surface area (Å²) in [6.45, 7) is 6.65. The van der Waals surface area contributed by atoms with Gasteiger partial charge < -0.3 is 10.1 Å². The summed E-state index contributed by atoms with van der Waals surface area (Å²) < 4.78 is 5.59. The topological polar surface area (TPSA) is 59.9 Å². The Kier molecular flexibility index (Phi) is 4.68. The van der Waals surface area contributed by atoms with Crippen LogP contribution in [-0.4, -0.2) is 27.6 Å². The van der Waals surface area contributed by atoms with Gasteiger partial charge in [-0.2, -0.15) is 4.98 Å². The van der Waals surface area contributed by atoms with E-state index in [1.165, 1.54) is 0 Å². The van der Waals surface area contributed by atoms with Crippen molar-refractivity contribution in [2.75, 3.05) is 11.9 Å². The highest BCUT2D eigenvalue weighted by molar-refractivity contribution is 7.07. The number of aromatic nitrogens is 3. The van der Waals surface area contributed by atoms with E-state index in [0.717, 1.165) is 24.4 Å². The lowest BCUT2D eigenvalue weighted by Gasteiger charge is -2.11. The van der Waals surface area contributed by atoms with Crippen molar-refractivity contribution in [1.29, 1.82) is 0 Å². The first-order valence-corrected chi connectivity index (χ1v) is 7.21. The molecule has 2 aromatic rings. The number of aryl methyl sites for hydroxylation is 1. The number of hydrogen-bond acceptors (Lipinski definition) is 6. The average molecular weight is 278 g/mol. The van der Waals surface area contributed by atoms with Gasteiger partial charge in [-0.05, 0) is 20.8 Å². The molecular weight excluding hydrogens is 260 g/mol. The first kappa shape index (κ1) is 13.7. The Bertz CT molecular complexity index is 513. The van der Waals surface area contributed by atoms with Crippen molar-refractivity contribution in [3.05, 3.63) is 28.3 Å². The third kappa shape index (κ3) is 4.48. The van der Waals surface area contributed by atoms with E-state index in [0.29, 0.717) is 11.8 Å². The van der Waals surface area contributed by atoms with Gasteiger partial charge in [0.25, 0.3) is 0 Å². The van der Waals surface area contributed by atoms with Crippen LogP contribution in [0, 0.1) is 6.92 Å². The highest BCUT2D eigenvalue weighted by Crippen LogP contribution is 2.13. The van der Waals surface area contributed by atoms with Gasteiger partial charge >= 0.3 is 0 Å². The minimum atomic E-state index is 0.108. The second kappa shape index (κ2) is 6.47. The zero-order chi connectivity index (χ0) is 13.7. The molecule has 19 heavy (non-hydrogen) atoms. The summed E-state index contributed by atoms with van der Waals surface area (Å²) in [5.74, 6) is 1.21. The molecule has 5 nitrogen and oxygen atoms in total. The van der Waals surface area contributed by atoms with Crippen LogP contribution in [0.3, 0.4) is 0 Å². The van der Waals surface area contributed by atoms with E-state index in [1.54, 1.807) is 11.3 Å². The van der Waals surface area contributed by atoms with Gasteiger partial charge in [0.1, 0.15) is 0 Å². The Morgan fingerprint density at radius 2 is 2.21 bits per heavy atom. The number of thiazole rings is 1. The Labute approximate surface area is 117 Å². The monoisotopic (exact) mass is 278 g/mol. The van der Waals surface area contributed by atoms with Crippen LogP contribution in [-0.2, 0) is 6.42 Å². The predicted octanol–water partition coefficient (Wildman–Crippen LogP) is 2.68. The quantitative estimate of drug-likeness (QED) is 0.880. The van der Waals surface area contributed by atoms with Crippen molar-refractivity contribution >= 4 is 17.3 Å². The lowest BCUT2D eigenvalue weighted by molar-refractivity contribution is 0.232. The summed E-state index contributed by atoms with van der Waals surface area (Å²) in [7, 11) is 0. The SMILES string of the molecule is Cc1cc(OC(C)C)nc(NCCc2cscn2)n1. The minimum absolute atomic E-state index is 0.108. The molecule has 102 valence electrons. The summed E-state index contributed by atoms with van der Waals surface area (Å²) >= 11 is 1.61. The maximum atomic E-state index is 5.59. The fraction of sp³-hybridized carbons (Fsp3) is 0.462. The van der Waals surface area contributed by atoms with E-state index < -0.39 is 0 Å². The van der Waals surface area contributed by atoms with E-state index in [9.17, 15) is 0 Å². The third-order valence-corrected chi connectivity index (χ3v) is 2.97. The molecule has 0 aromatic carbocycles. The lowest BCUT2D eigenvalue weighted by atomic mass is 10.3. The normalized spacial score (nSPS) is 10.7. The van der Waals surface area contributed by atoms with Crippen LogP contribution in [0.2, 0.25) is 0 Å². The number of anilines is 1. The zero-order valence-corrected chi connectivity index (χ0v) is 12.2. The zero-order valence-electron chi connectivity index (χ0n) is 11.4. The van der Waals surface area contributed by atoms with Crippen molar-refractivity contribution in [3.8, 4) is 5.88 Å². The second-order valence-corrected chi connectivity index (χ2v) is 5.21. The smallest absolute Gasteiger partial charge is 0.226 e. The Hall–Kier alpha value is -1.69. The molecule has 1 N–H and O–H groups in total. The molecule has 0 fully saturated rings. The predicted molar refractivity (Wildman–Crippen MR) is 76.8 cm³/mol. The van der Waals surface area contributed by atoms with Crippen molar-refractivity contribution in [1.82, 2.24) is 15.0 Å². The molecule has 0 spiro atoms. The first-order valence-electron chi connectivity index (χ1n) is 6.27. The van der Waals surface area contributed by atoms with Gasteiger partial charge in [0.05, 0.1) is 17.3 Å². The molecule has 6 heteroatoms. The van der Waals surface area contributed by atoms with Gasteiger partial charge in [0.15, 0.2) is 0 Å². The first-order chi connectivity index (χ1) is 9.13. The van der Waals surface area contributed by atoms with Crippen LogP contribution in [0.25, 0.3) is 0 Å². The summed E-state index contributed by atoms with van der Waals surface area (Å²) in [6, 6.07) is 1.84. The second-order valence-electron chi connectivity index (χ2n) is 4.49. The third-order valence-electron chi connectivity index (χ3n) is 2.33. The molecule has 0 amide bonds. The molecule has 0 aliphatic carbocycles. The van der Waals surface area contributed by atoms with Gasteiger partial charge in [0.2, 0.25) is 11.8 Å². The molecule has 0 radical (unpaired) electrons. The van der Waals surface area contributed by atoms with Gasteiger partial charge in [-0.15, -0.1) is 11.3 Å².